The van der Waals surface area contributed by atoms with E-state index < -0.39 is 53.4 Å². The Hall–Kier alpha value is -2.23. The van der Waals surface area contributed by atoms with Crippen molar-refractivity contribution in [2.45, 2.75) is 154 Å². The Balaban J connectivity index is 1.05. The van der Waals surface area contributed by atoms with Crippen molar-refractivity contribution < 1.29 is 52.5 Å². The second kappa shape index (κ2) is 12.9. The van der Waals surface area contributed by atoms with E-state index in [1.54, 1.807) is 13.0 Å². The lowest BCUT2D eigenvalue weighted by Crippen LogP contribution is -2.71. The van der Waals surface area contributed by atoms with Gasteiger partial charge in [-0.3, -0.25) is 10.2 Å². The van der Waals surface area contributed by atoms with Crippen LogP contribution in [0.4, 0.5) is 14.9 Å². The Bertz CT molecular complexity index is 1630. The zero-order chi connectivity index (χ0) is 37.1. The van der Waals surface area contributed by atoms with Crippen LogP contribution in [0.3, 0.4) is 0 Å². The molecule has 10 fully saturated rings. The summed E-state index contributed by atoms with van der Waals surface area (Å²) in [5, 5.41) is 7.21. The summed E-state index contributed by atoms with van der Waals surface area (Å²) in [7, 11) is 0. The zero-order valence-electron chi connectivity index (χ0n) is 31.9. The van der Waals surface area contributed by atoms with Crippen LogP contribution in [0.1, 0.15) is 105 Å². The molecule has 2 saturated carbocycles. The minimum Gasteiger partial charge on any atom is -0.345 e. The number of anilines is 1. The first kappa shape index (κ1) is 36.4. The first-order valence-electron chi connectivity index (χ1n) is 20.0. The predicted molar refractivity (Wildman–Crippen MR) is 187 cm³/mol. The van der Waals surface area contributed by atoms with Crippen molar-refractivity contribution >= 4 is 17.5 Å². The molecule has 11 rings (SSSR count). The number of rotatable bonds is 5. The monoisotopic (exact) mass is 742 g/mol. The second-order valence-electron chi connectivity index (χ2n) is 18.1. The van der Waals surface area contributed by atoms with Gasteiger partial charge in [-0.2, -0.15) is 0 Å². The number of halogens is 1. The third kappa shape index (κ3) is 5.73. The van der Waals surface area contributed by atoms with Crippen molar-refractivity contribution in [3.8, 4) is 0 Å². The summed E-state index contributed by atoms with van der Waals surface area (Å²) in [6.07, 6.45) is 4.43. The molecule has 1 N–H and O–H groups in total. The highest BCUT2D eigenvalue weighted by Crippen LogP contribution is 2.63. The van der Waals surface area contributed by atoms with Crippen LogP contribution in [-0.2, 0) is 43.3 Å². The van der Waals surface area contributed by atoms with Gasteiger partial charge in [0, 0.05) is 36.8 Å². The molecule has 292 valence electrons. The number of oxime groups is 1. The fourth-order valence-electron chi connectivity index (χ4n) is 12.0. The Morgan fingerprint density at radius 1 is 0.792 bits per heavy atom. The summed E-state index contributed by atoms with van der Waals surface area (Å²) in [4.78, 5) is 43.8. The highest BCUT2D eigenvalue weighted by atomic mass is 19.1. The first-order valence-corrected chi connectivity index (χ1v) is 20.0. The molecule has 8 heterocycles. The van der Waals surface area contributed by atoms with Crippen molar-refractivity contribution in [3.05, 3.63) is 29.6 Å². The highest BCUT2D eigenvalue weighted by Gasteiger charge is 2.71. The lowest BCUT2D eigenvalue weighted by atomic mass is 9.56. The minimum absolute atomic E-state index is 0.0242. The molecule has 0 aromatic heterocycles. The smallest absolute Gasteiger partial charge is 0.345 e. The van der Waals surface area contributed by atoms with Gasteiger partial charge in [0.05, 0.1) is 11.8 Å². The van der Waals surface area contributed by atoms with Crippen molar-refractivity contribution in [1.29, 1.82) is 0 Å². The Morgan fingerprint density at radius 2 is 1.38 bits per heavy atom. The quantitative estimate of drug-likeness (QED) is 0.138. The number of ether oxygens (including phenoxy) is 4. The average Bonchev–Trinajstić information content (AvgIpc) is 3.48. The van der Waals surface area contributed by atoms with Gasteiger partial charge in [-0.15, -0.1) is 0 Å². The second-order valence-corrected chi connectivity index (χ2v) is 18.1. The number of benzene rings is 1. The molecule has 53 heavy (non-hydrogen) atoms. The molecule has 12 nitrogen and oxygen atoms in total. The van der Waals surface area contributed by atoms with Crippen LogP contribution in [0.5, 0.6) is 0 Å². The van der Waals surface area contributed by atoms with Crippen LogP contribution in [-0.4, -0.2) is 59.4 Å². The van der Waals surface area contributed by atoms with Crippen molar-refractivity contribution in [3.63, 3.8) is 0 Å². The summed E-state index contributed by atoms with van der Waals surface area (Å²) >= 11 is 0. The van der Waals surface area contributed by atoms with Crippen LogP contribution >= 0.6 is 0 Å². The largest absolute Gasteiger partial charge is 0.437 e. The molecule has 13 heteroatoms. The van der Waals surface area contributed by atoms with Crippen LogP contribution in [0.25, 0.3) is 0 Å². The number of nitrogens with one attached hydrogen (secondary N) is 1. The number of hydrogen-bond acceptors (Lipinski definition) is 11. The maximum atomic E-state index is 14.2. The molecule has 8 saturated heterocycles. The summed E-state index contributed by atoms with van der Waals surface area (Å²) in [6.45, 7) is 14.5. The standard InChI is InChI=1S/C40H55FN2O10/c1-20-16-25(41)18-26(17-20)42-36(44)49-43-31(33-24(5)30-11-9-22(3)28-13-15-38(7)48-35(46-33)40(28,30)53-51-38)19-32-23(4)29-10-8-21(2)27-12-14-37(6)47-34(45-32)39(27,29)52-50-37/h16-18,21-24,27-30,32-35H,8-15,19H2,1-7H3,(H,42,44)/b43-31-/t21-,22-,23-,24-,27+,28+,29+,30+,32-,33+,34-,35-,37-,38-,39-,40-/m1/s1. The topological polar surface area (TPSA) is 125 Å². The molecule has 1 aromatic rings. The van der Waals surface area contributed by atoms with Crippen LogP contribution in [0.15, 0.2) is 23.4 Å². The van der Waals surface area contributed by atoms with E-state index in [0.29, 0.717) is 36.0 Å². The molecule has 0 unspecified atom stereocenters. The van der Waals surface area contributed by atoms with Gasteiger partial charge in [0.15, 0.2) is 23.8 Å². The summed E-state index contributed by atoms with van der Waals surface area (Å²) in [5.41, 5.74) is -0.0135. The van der Waals surface area contributed by atoms with Crippen LogP contribution in [0, 0.1) is 60.1 Å². The summed E-state index contributed by atoms with van der Waals surface area (Å²) < 4.78 is 41.5. The normalized spacial score (nSPS) is 50.0. The summed E-state index contributed by atoms with van der Waals surface area (Å²) in [6, 6.07) is 4.30. The zero-order valence-corrected chi connectivity index (χ0v) is 31.9. The Labute approximate surface area is 310 Å². The van der Waals surface area contributed by atoms with E-state index in [-0.39, 0.29) is 47.3 Å². The van der Waals surface area contributed by atoms with Gasteiger partial charge in [0.2, 0.25) is 11.6 Å². The predicted octanol–water partition coefficient (Wildman–Crippen LogP) is 7.93. The SMILES string of the molecule is Cc1cc(F)cc(NC(=O)O/N=C(/C[C@H]2O[C@@H]3O[C@@]4(C)CC[C@H]5[C@H](C)CC[C@@H]([C@H]2C)[C@@]35OO4)[C@H]2O[C@@H]3O[C@@]4(C)CC[C@H]5[C@H](C)CC[C@@H]([C@H]2C)[C@@]35OO4)c1. The molecular formula is C40H55FN2O10. The van der Waals surface area contributed by atoms with E-state index in [1.807, 2.05) is 13.8 Å². The van der Waals surface area contributed by atoms with E-state index in [2.05, 4.69) is 38.2 Å². The van der Waals surface area contributed by atoms with Crippen molar-refractivity contribution in [2.24, 2.45) is 52.5 Å². The highest BCUT2D eigenvalue weighted by molar-refractivity contribution is 5.91. The lowest BCUT2D eigenvalue weighted by Gasteiger charge is -2.61. The molecule has 2 spiro atoms. The van der Waals surface area contributed by atoms with Gasteiger partial charge in [0.1, 0.15) is 11.9 Å². The van der Waals surface area contributed by atoms with E-state index >= 15 is 0 Å². The molecule has 1 aromatic carbocycles. The van der Waals surface area contributed by atoms with Gasteiger partial charge in [-0.1, -0.05) is 32.9 Å². The van der Waals surface area contributed by atoms with E-state index in [0.717, 1.165) is 44.9 Å². The van der Waals surface area contributed by atoms with Crippen molar-refractivity contribution in [1.82, 2.24) is 0 Å². The third-order valence-electron chi connectivity index (χ3n) is 14.7. The van der Waals surface area contributed by atoms with Gasteiger partial charge in [-0.25, -0.2) is 28.7 Å². The average molecular weight is 743 g/mol. The Morgan fingerprint density at radius 3 is 1.98 bits per heavy atom. The number of amides is 1. The Kier molecular flexibility index (Phi) is 8.87. The molecule has 10 aliphatic rings. The van der Waals surface area contributed by atoms with Gasteiger partial charge in [-0.05, 0) is 119 Å². The van der Waals surface area contributed by atoms with Crippen molar-refractivity contribution in [2.75, 3.05) is 5.32 Å². The maximum absolute atomic E-state index is 14.2. The molecule has 1 amide bonds. The maximum Gasteiger partial charge on any atom is 0.437 e. The van der Waals surface area contributed by atoms with Gasteiger partial charge < -0.3 is 18.9 Å². The number of carbonyl (C=O) groups is 1. The van der Waals surface area contributed by atoms with Crippen LogP contribution in [0.2, 0.25) is 0 Å². The first-order chi connectivity index (χ1) is 25.2. The van der Waals surface area contributed by atoms with E-state index in [1.165, 1.54) is 12.1 Å². The molecule has 16 atom stereocenters. The molecular weight excluding hydrogens is 687 g/mol. The fraction of sp³-hybridized carbons (Fsp3) is 0.800. The number of fused-ring (bicyclic) bond motifs is 4. The number of hydrogen-bond donors (Lipinski definition) is 1. The van der Waals surface area contributed by atoms with Gasteiger partial charge in [0.25, 0.3) is 0 Å². The van der Waals surface area contributed by atoms with E-state index in [9.17, 15) is 9.18 Å². The van der Waals surface area contributed by atoms with Gasteiger partial charge >= 0.3 is 6.09 Å². The number of nitrogens with zero attached hydrogens (tertiary/aromatic N) is 1. The summed E-state index contributed by atoms with van der Waals surface area (Å²) in [5.74, 6) is -0.970. The lowest BCUT2D eigenvalue weighted by molar-refractivity contribution is -0.571. The molecule has 4 bridgehead atoms. The number of carbonyl (C=O) groups excluding carboxylic acids is 1. The molecule has 8 aliphatic heterocycles. The fourth-order valence-corrected chi connectivity index (χ4v) is 12.0. The van der Waals surface area contributed by atoms with E-state index in [4.69, 9.17) is 43.3 Å². The minimum atomic E-state index is -0.947. The molecule has 2 aliphatic carbocycles. The molecule has 0 radical (unpaired) electrons. The van der Waals surface area contributed by atoms with Crippen LogP contribution < -0.4 is 5.32 Å². The third-order valence-corrected chi connectivity index (χ3v) is 14.7. The number of aryl methyl sites for hydroxylation is 1.